The molecule has 1 saturated carbocycles. The third-order valence-electron chi connectivity index (χ3n) is 5.85. The Morgan fingerprint density at radius 2 is 1.86 bits per heavy atom. The largest absolute Gasteiger partial charge is 0.365 e. The molecule has 1 aliphatic carbocycles. The second-order valence-electron chi connectivity index (χ2n) is 8.24. The summed E-state index contributed by atoms with van der Waals surface area (Å²) in [5.41, 5.74) is 1.64. The van der Waals surface area contributed by atoms with Gasteiger partial charge in [0.05, 0.1) is 17.1 Å². The van der Waals surface area contributed by atoms with Crippen LogP contribution in [0.2, 0.25) is 0 Å². The van der Waals surface area contributed by atoms with Crippen molar-refractivity contribution in [1.29, 1.82) is 0 Å². The second kappa shape index (κ2) is 8.43. The summed E-state index contributed by atoms with van der Waals surface area (Å²) in [5, 5.41) is 3.00. The van der Waals surface area contributed by atoms with E-state index in [2.05, 4.69) is 17.1 Å². The Morgan fingerprint density at radius 3 is 2.57 bits per heavy atom. The molecular weight excluding hydrogens is 352 g/mol. The summed E-state index contributed by atoms with van der Waals surface area (Å²) in [6.07, 6.45) is 6.45. The van der Waals surface area contributed by atoms with Crippen LogP contribution in [-0.2, 0) is 9.53 Å². The number of carbonyl (C=O) groups is 1. The number of hydrogen-bond donors (Lipinski definition) is 1. The predicted octanol–water partition coefficient (Wildman–Crippen LogP) is 4.15. The van der Waals surface area contributed by atoms with Crippen LogP contribution in [0.15, 0.2) is 24.3 Å². The molecule has 2 fully saturated rings. The summed E-state index contributed by atoms with van der Waals surface area (Å²) in [5.74, 6) is 1.83. The van der Waals surface area contributed by atoms with Gasteiger partial charge >= 0.3 is 0 Å². The Morgan fingerprint density at radius 1 is 1.14 bits per heavy atom. The van der Waals surface area contributed by atoms with Crippen LogP contribution in [0.3, 0.4) is 0 Å². The van der Waals surface area contributed by atoms with Gasteiger partial charge in [0, 0.05) is 13.1 Å². The first-order valence-corrected chi connectivity index (χ1v) is 10.6. The first kappa shape index (κ1) is 19.1. The van der Waals surface area contributed by atoms with E-state index in [1.54, 1.807) is 0 Å². The molecule has 150 valence electrons. The van der Waals surface area contributed by atoms with E-state index in [4.69, 9.17) is 14.7 Å². The van der Waals surface area contributed by atoms with Crippen LogP contribution in [0.4, 0.5) is 11.6 Å². The molecule has 2 aliphatic rings. The standard InChI is InChI=1S/C22H30N4O2/c1-15-8-7-9-17(14-15)28-16(2)22(27)25-20-21(26-12-5-6-13-26)24-19-11-4-3-10-18(19)23-20/h3-4,10-11,15-17H,5-9,12-14H2,1-2H3,(H,23,25,27)/t15-,16+,17+/m1/s1. The normalized spacial score (nSPS) is 23.7. The van der Waals surface area contributed by atoms with Crippen LogP contribution in [0.5, 0.6) is 0 Å². The number of amides is 1. The molecule has 0 spiro atoms. The van der Waals surface area contributed by atoms with Gasteiger partial charge in [0.1, 0.15) is 6.10 Å². The van der Waals surface area contributed by atoms with Gasteiger partial charge in [0.2, 0.25) is 0 Å². The molecule has 2 heterocycles. The molecule has 1 saturated heterocycles. The molecule has 2 aromatic rings. The summed E-state index contributed by atoms with van der Waals surface area (Å²) in [6, 6.07) is 7.79. The number of nitrogens with one attached hydrogen (secondary N) is 1. The monoisotopic (exact) mass is 382 g/mol. The molecule has 28 heavy (non-hydrogen) atoms. The summed E-state index contributed by atoms with van der Waals surface area (Å²) in [7, 11) is 0. The van der Waals surface area contributed by atoms with Crippen molar-refractivity contribution in [2.45, 2.75) is 64.6 Å². The Balaban J connectivity index is 1.52. The second-order valence-corrected chi connectivity index (χ2v) is 8.24. The fraction of sp³-hybridized carbons (Fsp3) is 0.591. The summed E-state index contributed by atoms with van der Waals surface area (Å²) >= 11 is 0. The highest BCUT2D eigenvalue weighted by Gasteiger charge is 2.26. The van der Waals surface area contributed by atoms with Crippen molar-refractivity contribution >= 4 is 28.6 Å². The zero-order valence-electron chi connectivity index (χ0n) is 16.9. The van der Waals surface area contributed by atoms with Gasteiger partial charge in [-0.3, -0.25) is 4.79 Å². The lowest BCUT2D eigenvalue weighted by Crippen LogP contribution is -2.34. The summed E-state index contributed by atoms with van der Waals surface area (Å²) in [4.78, 5) is 24.6. The van der Waals surface area contributed by atoms with Crippen LogP contribution < -0.4 is 10.2 Å². The highest BCUT2D eigenvalue weighted by Crippen LogP contribution is 2.29. The smallest absolute Gasteiger partial charge is 0.254 e. The lowest BCUT2D eigenvalue weighted by atomic mass is 9.88. The first-order chi connectivity index (χ1) is 13.6. The topological polar surface area (TPSA) is 67.3 Å². The molecule has 6 nitrogen and oxygen atoms in total. The quantitative estimate of drug-likeness (QED) is 0.841. The number of carbonyl (C=O) groups excluding carboxylic acids is 1. The molecule has 1 aromatic carbocycles. The molecule has 0 bridgehead atoms. The van der Waals surface area contributed by atoms with E-state index < -0.39 is 6.10 Å². The van der Waals surface area contributed by atoms with Gasteiger partial charge < -0.3 is 15.0 Å². The van der Waals surface area contributed by atoms with Gasteiger partial charge in [0.25, 0.3) is 5.91 Å². The molecule has 1 aliphatic heterocycles. The van der Waals surface area contributed by atoms with Gasteiger partial charge in [-0.2, -0.15) is 0 Å². The third kappa shape index (κ3) is 4.27. The molecule has 0 unspecified atom stereocenters. The zero-order valence-corrected chi connectivity index (χ0v) is 16.9. The Bertz CT molecular complexity index is 834. The van der Waals surface area contributed by atoms with E-state index in [1.165, 1.54) is 12.8 Å². The lowest BCUT2D eigenvalue weighted by molar-refractivity contribution is -0.131. The highest BCUT2D eigenvalue weighted by atomic mass is 16.5. The number of anilines is 2. The van der Waals surface area contributed by atoms with Gasteiger partial charge in [-0.25, -0.2) is 9.97 Å². The Labute approximate surface area is 166 Å². The summed E-state index contributed by atoms with van der Waals surface area (Å²) in [6.45, 7) is 5.98. The van der Waals surface area contributed by atoms with E-state index in [9.17, 15) is 4.79 Å². The lowest BCUT2D eigenvalue weighted by Gasteiger charge is -2.29. The number of para-hydroxylation sites is 2. The predicted molar refractivity (Wildman–Crippen MR) is 112 cm³/mol. The average molecular weight is 383 g/mol. The van der Waals surface area contributed by atoms with Crippen LogP contribution in [-0.4, -0.2) is 41.2 Å². The Hall–Kier alpha value is -2.21. The van der Waals surface area contributed by atoms with Crippen molar-refractivity contribution in [2.75, 3.05) is 23.3 Å². The number of benzene rings is 1. The fourth-order valence-electron chi connectivity index (χ4n) is 4.29. The SMILES string of the molecule is C[C@@H]1CCC[C@H](O[C@@H](C)C(=O)Nc2nc3ccccc3nc2N2CCCC2)C1. The van der Waals surface area contributed by atoms with Crippen molar-refractivity contribution in [3.8, 4) is 0 Å². The summed E-state index contributed by atoms with van der Waals surface area (Å²) < 4.78 is 6.07. The van der Waals surface area contributed by atoms with Crippen LogP contribution in [0.25, 0.3) is 11.0 Å². The molecule has 4 rings (SSSR count). The zero-order chi connectivity index (χ0) is 19.5. The number of aromatic nitrogens is 2. The van der Waals surface area contributed by atoms with Crippen molar-refractivity contribution in [1.82, 2.24) is 9.97 Å². The molecule has 1 amide bonds. The van der Waals surface area contributed by atoms with Crippen molar-refractivity contribution < 1.29 is 9.53 Å². The van der Waals surface area contributed by atoms with Gasteiger partial charge in [0.15, 0.2) is 11.6 Å². The molecule has 3 atom stereocenters. The van der Waals surface area contributed by atoms with Crippen molar-refractivity contribution in [3.63, 3.8) is 0 Å². The van der Waals surface area contributed by atoms with Crippen LogP contribution in [0, 0.1) is 5.92 Å². The molecule has 1 N–H and O–H groups in total. The average Bonchev–Trinajstić information content (AvgIpc) is 3.22. The minimum atomic E-state index is -0.505. The minimum Gasteiger partial charge on any atom is -0.365 e. The van der Waals surface area contributed by atoms with Crippen LogP contribution >= 0.6 is 0 Å². The van der Waals surface area contributed by atoms with Crippen LogP contribution in [0.1, 0.15) is 52.4 Å². The molecule has 0 radical (unpaired) electrons. The van der Waals surface area contributed by atoms with Crippen molar-refractivity contribution in [2.24, 2.45) is 5.92 Å². The van der Waals surface area contributed by atoms with E-state index in [0.29, 0.717) is 11.7 Å². The maximum absolute atomic E-state index is 12.8. The van der Waals surface area contributed by atoms with Gasteiger partial charge in [-0.1, -0.05) is 31.9 Å². The molecular formula is C22H30N4O2. The number of fused-ring (bicyclic) bond motifs is 1. The van der Waals surface area contributed by atoms with Gasteiger partial charge in [-0.05, 0) is 50.7 Å². The first-order valence-electron chi connectivity index (χ1n) is 10.6. The molecule has 1 aromatic heterocycles. The van der Waals surface area contributed by atoms with Gasteiger partial charge in [-0.15, -0.1) is 0 Å². The van der Waals surface area contributed by atoms with E-state index in [0.717, 1.165) is 55.6 Å². The minimum absolute atomic E-state index is 0.150. The van der Waals surface area contributed by atoms with E-state index >= 15 is 0 Å². The highest BCUT2D eigenvalue weighted by molar-refractivity contribution is 5.96. The number of ether oxygens (including phenoxy) is 1. The Kier molecular flexibility index (Phi) is 5.76. The van der Waals surface area contributed by atoms with E-state index in [-0.39, 0.29) is 12.0 Å². The maximum Gasteiger partial charge on any atom is 0.254 e. The number of nitrogens with zero attached hydrogens (tertiary/aromatic N) is 3. The number of hydrogen-bond acceptors (Lipinski definition) is 5. The molecule has 6 heteroatoms. The van der Waals surface area contributed by atoms with Crippen molar-refractivity contribution in [3.05, 3.63) is 24.3 Å². The maximum atomic E-state index is 12.8. The third-order valence-corrected chi connectivity index (χ3v) is 5.85. The number of rotatable bonds is 5. The van der Waals surface area contributed by atoms with E-state index in [1.807, 2.05) is 31.2 Å². The fourth-order valence-corrected chi connectivity index (χ4v) is 4.29.